The summed E-state index contributed by atoms with van der Waals surface area (Å²) in [4.78, 5) is 26.1. The molecule has 114 valence electrons. The highest BCUT2D eigenvalue weighted by Gasteiger charge is 2.15. The van der Waals surface area contributed by atoms with Gasteiger partial charge in [-0.3, -0.25) is 9.59 Å². The molecule has 0 saturated carbocycles. The van der Waals surface area contributed by atoms with Crippen LogP contribution in [-0.4, -0.2) is 26.9 Å². The van der Waals surface area contributed by atoms with Crippen LogP contribution < -0.4 is 4.74 Å². The molecule has 6 heteroatoms. The van der Waals surface area contributed by atoms with Gasteiger partial charge >= 0.3 is 5.97 Å². The highest BCUT2D eigenvalue weighted by molar-refractivity contribution is 5.98. The van der Waals surface area contributed by atoms with Crippen molar-refractivity contribution in [3.63, 3.8) is 0 Å². The van der Waals surface area contributed by atoms with Gasteiger partial charge in [-0.15, -0.1) is 0 Å². The average molecular weight is 301 g/mol. The Labute approximate surface area is 127 Å². The number of benzene rings is 1. The summed E-state index contributed by atoms with van der Waals surface area (Å²) < 4.78 is 5.55. The second-order valence-corrected chi connectivity index (χ2v) is 4.77. The van der Waals surface area contributed by atoms with E-state index in [0.717, 1.165) is 5.56 Å². The van der Waals surface area contributed by atoms with E-state index in [4.69, 9.17) is 9.84 Å². The number of pyridine rings is 1. The van der Waals surface area contributed by atoms with Gasteiger partial charge in [0.15, 0.2) is 5.78 Å². The highest BCUT2D eigenvalue weighted by atomic mass is 16.5. The molecular weight excluding hydrogens is 286 g/mol. The molecular formula is C16H15NO5. The van der Waals surface area contributed by atoms with Crippen LogP contribution in [-0.2, 0) is 4.79 Å². The Kier molecular flexibility index (Phi) is 4.73. The molecule has 0 bridgehead atoms. The van der Waals surface area contributed by atoms with Gasteiger partial charge in [0.25, 0.3) is 0 Å². The van der Waals surface area contributed by atoms with Gasteiger partial charge in [0.2, 0.25) is 0 Å². The van der Waals surface area contributed by atoms with Crippen molar-refractivity contribution in [3.8, 4) is 17.2 Å². The van der Waals surface area contributed by atoms with Crippen molar-refractivity contribution in [1.29, 1.82) is 0 Å². The lowest BCUT2D eigenvalue weighted by atomic mass is 10.1. The molecule has 0 aliphatic rings. The summed E-state index contributed by atoms with van der Waals surface area (Å²) in [5.74, 6) is -1.06. The lowest BCUT2D eigenvalue weighted by Crippen LogP contribution is -2.06. The van der Waals surface area contributed by atoms with Crippen LogP contribution in [0.3, 0.4) is 0 Å². The van der Waals surface area contributed by atoms with Crippen molar-refractivity contribution in [2.24, 2.45) is 0 Å². The van der Waals surface area contributed by atoms with E-state index in [9.17, 15) is 14.7 Å². The number of carbonyl (C=O) groups is 2. The van der Waals surface area contributed by atoms with Crippen LogP contribution in [0.5, 0.6) is 17.2 Å². The maximum absolute atomic E-state index is 11.8. The number of aryl methyl sites for hydroxylation is 1. The van der Waals surface area contributed by atoms with Crippen LogP contribution in [0.25, 0.3) is 0 Å². The molecule has 6 nitrogen and oxygen atoms in total. The molecule has 1 heterocycles. The molecule has 2 rings (SSSR count). The number of aliphatic carboxylic acids is 1. The number of aromatic hydroxyl groups is 1. The number of hydrogen-bond acceptors (Lipinski definition) is 5. The lowest BCUT2D eigenvalue weighted by molar-refractivity contribution is -0.136. The Morgan fingerprint density at radius 1 is 1.18 bits per heavy atom. The number of Topliss-reactive ketones (excluding diaryl/α,β-unsaturated/α-hetero) is 1. The van der Waals surface area contributed by atoms with E-state index in [0.29, 0.717) is 5.75 Å². The molecule has 0 radical (unpaired) electrons. The largest absolute Gasteiger partial charge is 0.505 e. The van der Waals surface area contributed by atoms with E-state index in [1.165, 1.54) is 12.3 Å². The molecule has 0 aliphatic carbocycles. The van der Waals surface area contributed by atoms with Gasteiger partial charge in [0, 0.05) is 12.5 Å². The number of ketones is 1. The Bertz CT molecular complexity index is 711. The van der Waals surface area contributed by atoms with E-state index in [1.54, 1.807) is 6.07 Å². The minimum absolute atomic E-state index is 0.155. The normalized spacial score (nSPS) is 10.2. The second-order valence-electron chi connectivity index (χ2n) is 4.77. The molecule has 0 aliphatic heterocycles. The maximum Gasteiger partial charge on any atom is 0.303 e. The van der Waals surface area contributed by atoms with Crippen LogP contribution in [0, 0.1) is 6.92 Å². The van der Waals surface area contributed by atoms with Crippen molar-refractivity contribution in [3.05, 3.63) is 47.8 Å². The van der Waals surface area contributed by atoms with Crippen LogP contribution in [0.4, 0.5) is 0 Å². The van der Waals surface area contributed by atoms with Crippen molar-refractivity contribution in [2.75, 3.05) is 0 Å². The van der Waals surface area contributed by atoms with Crippen molar-refractivity contribution in [2.45, 2.75) is 19.8 Å². The number of rotatable bonds is 6. The molecule has 0 atom stereocenters. The average Bonchev–Trinajstić information content (AvgIpc) is 2.45. The lowest BCUT2D eigenvalue weighted by Gasteiger charge is -2.08. The minimum atomic E-state index is -1.08. The first-order valence-corrected chi connectivity index (χ1v) is 6.64. The smallest absolute Gasteiger partial charge is 0.303 e. The molecule has 1 aromatic carbocycles. The molecule has 0 spiro atoms. The highest BCUT2D eigenvalue weighted by Crippen LogP contribution is 2.27. The quantitative estimate of drug-likeness (QED) is 0.796. The fraction of sp³-hybridized carbons (Fsp3) is 0.188. The van der Waals surface area contributed by atoms with E-state index < -0.39 is 11.8 Å². The third kappa shape index (κ3) is 4.05. The van der Waals surface area contributed by atoms with Gasteiger partial charge in [-0.05, 0) is 24.6 Å². The maximum atomic E-state index is 11.8. The summed E-state index contributed by atoms with van der Waals surface area (Å²) in [5.41, 5.74) is 0.869. The number of ether oxygens (including phenoxy) is 1. The van der Waals surface area contributed by atoms with Gasteiger partial charge in [-0.2, -0.15) is 0 Å². The van der Waals surface area contributed by atoms with Gasteiger partial charge in [-0.25, -0.2) is 4.98 Å². The minimum Gasteiger partial charge on any atom is -0.505 e. The topological polar surface area (TPSA) is 96.7 Å². The fourth-order valence-corrected chi connectivity index (χ4v) is 1.86. The van der Waals surface area contributed by atoms with E-state index >= 15 is 0 Å². The van der Waals surface area contributed by atoms with Crippen molar-refractivity contribution < 1.29 is 24.5 Å². The van der Waals surface area contributed by atoms with Crippen LogP contribution >= 0.6 is 0 Å². The molecule has 2 N–H and O–H groups in total. The molecule has 22 heavy (non-hydrogen) atoms. The summed E-state index contributed by atoms with van der Waals surface area (Å²) in [5, 5.41) is 18.4. The molecule has 2 aromatic rings. The Balaban J connectivity index is 2.12. The van der Waals surface area contributed by atoms with Gasteiger partial charge < -0.3 is 14.9 Å². The van der Waals surface area contributed by atoms with Gasteiger partial charge in [0.1, 0.15) is 22.9 Å². The first kappa shape index (κ1) is 15.5. The van der Waals surface area contributed by atoms with E-state index in [1.807, 2.05) is 25.1 Å². The fourth-order valence-electron chi connectivity index (χ4n) is 1.86. The number of hydrogen-bond donors (Lipinski definition) is 2. The molecule has 0 saturated heterocycles. The zero-order valence-corrected chi connectivity index (χ0v) is 11.9. The van der Waals surface area contributed by atoms with Crippen molar-refractivity contribution in [1.82, 2.24) is 4.98 Å². The second kappa shape index (κ2) is 6.71. The predicted octanol–water partition coefficient (Wildman–Crippen LogP) is 2.94. The number of carboxylic acid groups (broad SMARTS) is 1. The Hall–Kier alpha value is -2.89. The molecule has 1 aromatic heterocycles. The summed E-state index contributed by atoms with van der Waals surface area (Å²) in [6, 6.07) is 8.62. The van der Waals surface area contributed by atoms with E-state index in [-0.39, 0.29) is 30.0 Å². The SMILES string of the molecule is Cc1cccc(Oc2cnc(C(=O)CCC(=O)O)c(O)c2)c1. The standard InChI is InChI=1S/C16H15NO5/c1-10-3-2-4-11(7-10)22-12-8-14(19)16(17-9-12)13(18)5-6-15(20)21/h2-4,7-9,19H,5-6H2,1H3,(H,20,21). The number of carbonyl (C=O) groups excluding carboxylic acids is 1. The first-order chi connectivity index (χ1) is 10.5. The van der Waals surface area contributed by atoms with Crippen LogP contribution in [0.1, 0.15) is 28.9 Å². The summed E-state index contributed by atoms with van der Waals surface area (Å²) in [6.07, 6.45) is 0.797. The van der Waals surface area contributed by atoms with Crippen LogP contribution in [0.2, 0.25) is 0 Å². The zero-order valence-electron chi connectivity index (χ0n) is 11.9. The number of aromatic nitrogens is 1. The summed E-state index contributed by atoms with van der Waals surface area (Å²) >= 11 is 0. The summed E-state index contributed by atoms with van der Waals surface area (Å²) in [7, 11) is 0. The number of nitrogens with zero attached hydrogens (tertiary/aromatic N) is 1. The Morgan fingerprint density at radius 3 is 2.59 bits per heavy atom. The molecule has 0 fully saturated rings. The third-order valence-electron chi connectivity index (χ3n) is 2.90. The molecule has 0 unspecified atom stereocenters. The monoisotopic (exact) mass is 301 g/mol. The Morgan fingerprint density at radius 2 is 1.95 bits per heavy atom. The predicted molar refractivity (Wildman–Crippen MR) is 78.4 cm³/mol. The molecule has 0 amide bonds. The number of carboxylic acids is 1. The van der Waals surface area contributed by atoms with Crippen LogP contribution in [0.15, 0.2) is 36.5 Å². The summed E-state index contributed by atoms with van der Waals surface area (Å²) in [6.45, 7) is 1.92. The van der Waals surface area contributed by atoms with Gasteiger partial charge in [0.05, 0.1) is 12.6 Å². The van der Waals surface area contributed by atoms with Crippen molar-refractivity contribution >= 4 is 11.8 Å². The first-order valence-electron chi connectivity index (χ1n) is 6.64. The zero-order chi connectivity index (χ0) is 16.1. The van der Waals surface area contributed by atoms with E-state index in [2.05, 4.69) is 4.98 Å². The van der Waals surface area contributed by atoms with Gasteiger partial charge in [-0.1, -0.05) is 12.1 Å². The third-order valence-corrected chi connectivity index (χ3v) is 2.90.